The fourth-order valence-electron chi connectivity index (χ4n) is 1.43. The minimum atomic E-state index is -4.47. The highest BCUT2D eigenvalue weighted by Crippen LogP contribution is 2.31. The zero-order valence-corrected chi connectivity index (χ0v) is 10.5. The molecule has 0 saturated carbocycles. The van der Waals surface area contributed by atoms with Crippen molar-refractivity contribution in [1.82, 2.24) is 10.1 Å². The lowest BCUT2D eigenvalue weighted by Gasteiger charge is -2.09. The van der Waals surface area contributed by atoms with Crippen molar-refractivity contribution in [1.29, 1.82) is 0 Å². The van der Waals surface area contributed by atoms with Gasteiger partial charge >= 0.3 is 6.18 Å². The van der Waals surface area contributed by atoms with Crippen LogP contribution in [0.5, 0.6) is 0 Å². The molecule has 0 atom stereocenters. The monoisotopic (exact) mass is 291 g/mol. The van der Waals surface area contributed by atoms with Crippen LogP contribution in [0.15, 0.2) is 22.7 Å². The Bertz CT molecular complexity index is 583. The van der Waals surface area contributed by atoms with Crippen LogP contribution >= 0.6 is 11.6 Å². The summed E-state index contributed by atoms with van der Waals surface area (Å²) in [6.07, 6.45) is -4.47. The first-order chi connectivity index (χ1) is 8.84. The van der Waals surface area contributed by atoms with Gasteiger partial charge in [0.25, 0.3) is 0 Å². The molecular weight excluding hydrogens is 283 g/mol. The molecule has 0 aromatic carbocycles. The second kappa shape index (κ2) is 5.08. The first-order valence-electron chi connectivity index (χ1n) is 5.25. The van der Waals surface area contributed by atoms with Crippen LogP contribution in [0, 0.1) is 6.92 Å². The summed E-state index contributed by atoms with van der Waals surface area (Å²) in [5.74, 6) is 0.515. The maximum Gasteiger partial charge on any atom is 0.416 e. The average Bonchev–Trinajstić information content (AvgIpc) is 2.71. The Labute approximate surface area is 111 Å². The summed E-state index contributed by atoms with van der Waals surface area (Å²) in [7, 11) is 0. The van der Waals surface area contributed by atoms with Crippen LogP contribution in [0.2, 0.25) is 5.15 Å². The van der Waals surface area contributed by atoms with Gasteiger partial charge in [-0.3, -0.25) is 0 Å². The molecule has 0 aliphatic carbocycles. The first kappa shape index (κ1) is 13.7. The molecule has 0 radical (unpaired) electrons. The number of rotatable bonds is 3. The van der Waals surface area contributed by atoms with E-state index in [0.717, 1.165) is 12.1 Å². The third-order valence-corrected chi connectivity index (χ3v) is 2.44. The summed E-state index contributed by atoms with van der Waals surface area (Å²) in [4.78, 5) is 3.76. The molecule has 2 aromatic rings. The Balaban J connectivity index is 2.14. The Morgan fingerprint density at radius 3 is 2.63 bits per heavy atom. The molecule has 0 amide bonds. The molecule has 8 heteroatoms. The van der Waals surface area contributed by atoms with Gasteiger partial charge in [0.2, 0.25) is 0 Å². The van der Waals surface area contributed by atoms with E-state index in [-0.39, 0.29) is 17.5 Å². The molecule has 0 spiro atoms. The third kappa shape index (κ3) is 3.60. The maximum absolute atomic E-state index is 12.6. The van der Waals surface area contributed by atoms with Crippen LogP contribution in [0.1, 0.15) is 17.0 Å². The fourth-order valence-corrected chi connectivity index (χ4v) is 1.64. The Morgan fingerprint density at radius 1 is 1.32 bits per heavy atom. The quantitative estimate of drug-likeness (QED) is 0.877. The number of alkyl halides is 3. The van der Waals surface area contributed by atoms with E-state index in [0.29, 0.717) is 11.5 Å². The summed E-state index contributed by atoms with van der Waals surface area (Å²) in [5.41, 5.74) is -0.171. The highest BCUT2D eigenvalue weighted by Gasteiger charge is 2.31. The molecule has 4 nitrogen and oxygen atoms in total. The number of hydrogen-bond acceptors (Lipinski definition) is 4. The predicted molar refractivity (Wildman–Crippen MR) is 62.8 cm³/mol. The van der Waals surface area contributed by atoms with E-state index in [1.54, 1.807) is 13.0 Å². The van der Waals surface area contributed by atoms with Gasteiger partial charge in [0, 0.05) is 6.07 Å². The number of nitrogens with one attached hydrogen (secondary N) is 1. The fraction of sp³-hybridized carbons (Fsp3) is 0.273. The molecule has 2 aromatic heterocycles. The summed E-state index contributed by atoms with van der Waals surface area (Å²) in [6.45, 7) is 1.91. The van der Waals surface area contributed by atoms with E-state index in [1.165, 1.54) is 0 Å². The van der Waals surface area contributed by atoms with Gasteiger partial charge in [-0.25, -0.2) is 4.98 Å². The predicted octanol–water partition coefficient (Wildman–Crippen LogP) is 3.66. The second-order valence-corrected chi connectivity index (χ2v) is 4.24. The lowest BCUT2D eigenvalue weighted by molar-refractivity contribution is -0.137. The molecule has 19 heavy (non-hydrogen) atoms. The highest BCUT2D eigenvalue weighted by atomic mass is 35.5. The van der Waals surface area contributed by atoms with Crippen molar-refractivity contribution in [3.8, 4) is 0 Å². The van der Waals surface area contributed by atoms with Crippen LogP contribution in [0.3, 0.4) is 0 Å². The zero-order chi connectivity index (χ0) is 14.0. The van der Waals surface area contributed by atoms with Gasteiger partial charge < -0.3 is 9.84 Å². The van der Waals surface area contributed by atoms with E-state index >= 15 is 0 Å². The lowest BCUT2D eigenvalue weighted by atomic mass is 10.2. The molecule has 1 N–H and O–H groups in total. The number of hydrogen-bond donors (Lipinski definition) is 1. The molecule has 0 fully saturated rings. The first-order valence-corrected chi connectivity index (χ1v) is 5.63. The van der Waals surface area contributed by atoms with Crippen molar-refractivity contribution in [3.05, 3.63) is 40.4 Å². The van der Waals surface area contributed by atoms with E-state index in [4.69, 9.17) is 16.1 Å². The van der Waals surface area contributed by atoms with E-state index in [1.807, 2.05) is 0 Å². The summed E-state index contributed by atoms with van der Waals surface area (Å²) >= 11 is 5.56. The van der Waals surface area contributed by atoms with Gasteiger partial charge in [0.15, 0.2) is 5.76 Å². The van der Waals surface area contributed by atoms with Crippen LogP contribution in [-0.4, -0.2) is 10.1 Å². The summed E-state index contributed by atoms with van der Waals surface area (Å²) < 4.78 is 42.6. The Kier molecular flexibility index (Phi) is 3.66. The second-order valence-electron chi connectivity index (χ2n) is 3.85. The van der Waals surface area contributed by atoms with Crippen molar-refractivity contribution in [2.75, 3.05) is 5.32 Å². The number of anilines is 1. The highest BCUT2D eigenvalue weighted by molar-refractivity contribution is 6.29. The summed E-state index contributed by atoms with van der Waals surface area (Å²) in [6, 6.07) is 3.32. The van der Waals surface area contributed by atoms with Gasteiger partial charge in [-0.05, 0) is 19.1 Å². The molecule has 0 aliphatic rings. The van der Waals surface area contributed by atoms with Gasteiger partial charge in [0.05, 0.1) is 17.8 Å². The zero-order valence-electron chi connectivity index (χ0n) is 9.75. The van der Waals surface area contributed by atoms with Crippen molar-refractivity contribution in [2.45, 2.75) is 19.6 Å². The summed E-state index contributed by atoms with van der Waals surface area (Å²) in [5, 5.41) is 6.13. The van der Waals surface area contributed by atoms with Crippen molar-refractivity contribution in [2.24, 2.45) is 0 Å². The van der Waals surface area contributed by atoms with Crippen molar-refractivity contribution >= 4 is 17.4 Å². The minimum Gasteiger partial charge on any atom is -0.363 e. The van der Waals surface area contributed by atoms with Crippen LogP contribution < -0.4 is 5.32 Å². The van der Waals surface area contributed by atoms with Gasteiger partial charge in [-0.2, -0.15) is 13.2 Å². The SMILES string of the molecule is Cc1cc(CNc2cc(C(F)(F)F)cc(Cl)n2)on1. The van der Waals surface area contributed by atoms with Crippen LogP contribution in [0.25, 0.3) is 0 Å². The normalized spacial score (nSPS) is 11.6. The molecule has 102 valence electrons. The number of pyridine rings is 1. The topological polar surface area (TPSA) is 51.0 Å². The van der Waals surface area contributed by atoms with Crippen molar-refractivity contribution < 1.29 is 17.7 Å². The number of aryl methyl sites for hydroxylation is 1. The molecule has 2 rings (SSSR count). The van der Waals surface area contributed by atoms with Crippen LogP contribution in [-0.2, 0) is 12.7 Å². The van der Waals surface area contributed by atoms with Gasteiger partial charge in [-0.15, -0.1) is 0 Å². The Hall–Kier alpha value is -1.76. The molecule has 0 saturated heterocycles. The largest absolute Gasteiger partial charge is 0.416 e. The third-order valence-electron chi connectivity index (χ3n) is 2.24. The number of aromatic nitrogens is 2. The molecular formula is C11H9ClF3N3O. The Morgan fingerprint density at radius 2 is 2.05 bits per heavy atom. The molecule has 0 bridgehead atoms. The number of halogens is 4. The van der Waals surface area contributed by atoms with Crippen LogP contribution in [0.4, 0.5) is 19.0 Å². The number of nitrogens with zero attached hydrogens (tertiary/aromatic N) is 2. The minimum absolute atomic E-state index is 0.0221. The average molecular weight is 292 g/mol. The lowest BCUT2D eigenvalue weighted by Crippen LogP contribution is -2.08. The molecule has 0 aliphatic heterocycles. The van der Waals surface area contributed by atoms with E-state index in [2.05, 4.69) is 15.5 Å². The van der Waals surface area contributed by atoms with E-state index in [9.17, 15) is 13.2 Å². The van der Waals surface area contributed by atoms with Gasteiger partial charge in [0.1, 0.15) is 11.0 Å². The smallest absolute Gasteiger partial charge is 0.363 e. The van der Waals surface area contributed by atoms with Crippen molar-refractivity contribution in [3.63, 3.8) is 0 Å². The molecule has 2 heterocycles. The van der Waals surface area contributed by atoms with Gasteiger partial charge in [-0.1, -0.05) is 16.8 Å². The maximum atomic E-state index is 12.6. The standard InChI is InChI=1S/C11H9ClF3N3O/c1-6-2-8(19-18-6)5-16-10-4-7(11(13,14)15)3-9(12)17-10/h2-4H,5H2,1H3,(H,16,17). The molecule has 0 unspecified atom stereocenters. The van der Waals surface area contributed by atoms with E-state index < -0.39 is 11.7 Å².